The molecule has 6 nitrogen and oxygen atoms in total. The topological polar surface area (TPSA) is 75.7 Å². The predicted octanol–water partition coefficient (Wildman–Crippen LogP) is 2.59. The fourth-order valence-corrected chi connectivity index (χ4v) is 2.73. The van der Waals surface area contributed by atoms with E-state index in [1.807, 2.05) is 4.90 Å². The van der Waals surface area contributed by atoms with E-state index in [1.165, 1.54) is 20.0 Å². The van der Waals surface area contributed by atoms with Crippen molar-refractivity contribution in [1.29, 1.82) is 0 Å². The van der Waals surface area contributed by atoms with Gasteiger partial charge in [0.25, 0.3) is 5.91 Å². The van der Waals surface area contributed by atoms with Crippen molar-refractivity contribution in [3.63, 3.8) is 0 Å². The van der Waals surface area contributed by atoms with Gasteiger partial charge in [0.05, 0.1) is 13.5 Å². The van der Waals surface area contributed by atoms with Crippen LogP contribution in [0.5, 0.6) is 0 Å². The van der Waals surface area contributed by atoms with Gasteiger partial charge in [-0.2, -0.15) is 0 Å². The fourth-order valence-electron chi connectivity index (χ4n) is 2.73. The molecule has 0 spiro atoms. The van der Waals surface area contributed by atoms with Crippen molar-refractivity contribution in [1.82, 2.24) is 4.90 Å². The largest absolute Gasteiger partial charge is 0.469 e. The molecule has 0 unspecified atom stereocenters. The third-order valence-electron chi connectivity index (χ3n) is 4.07. The molecule has 0 atom stereocenters. The first-order chi connectivity index (χ1) is 11.6. The van der Waals surface area contributed by atoms with Crippen LogP contribution in [0.4, 0.5) is 5.69 Å². The number of benzene rings is 1. The zero-order valence-corrected chi connectivity index (χ0v) is 14.0. The van der Waals surface area contributed by atoms with E-state index in [9.17, 15) is 14.4 Å². The Labute approximate surface area is 142 Å². The van der Waals surface area contributed by atoms with Crippen LogP contribution < -0.4 is 5.32 Å². The van der Waals surface area contributed by atoms with E-state index in [-0.39, 0.29) is 24.7 Å². The number of carbonyl (C=O) groups is 3. The SMILES string of the molecule is COC(=O)CCC(=O)Nc1cccc(C(=O)N2CCCCCC2)c1. The average Bonchev–Trinajstić information content (AvgIpc) is 2.88. The first kappa shape index (κ1) is 18.0. The molecule has 130 valence electrons. The summed E-state index contributed by atoms with van der Waals surface area (Å²) in [6.07, 6.45) is 4.50. The average molecular weight is 332 g/mol. The molecule has 24 heavy (non-hydrogen) atoms. The lowest BCUT2D eigenvalue weighted by molar-refractivity contribution is -0.141. The van der Waals surface area contributed by atoms with Crippen LogP contribution in [0.25, 0.3) is 0 Å². The highest BCUT2D eigenvalue weighted by Crippen LogP contribution is 2.16. The number of nitrogens with zero attached hydrogens (tertiary/aromatic N) is 1. The van der Waals surface area contributed by atoms with E-state index in [0.717, 1.165) is 25.9 Å². The molecule has 1 aromatic carbocycles. The maximum absolute atomic E-state index is 12.6. The van der Waals surface area contributed by atoms with Gasteiger partial charge in [0, 0.05) is 30.8 Å². The van der Waals surface area contributed by atoms with E-state index in [1.54, 1.807) is 24.3 Å². The van der Waals surface area contributed by atoms with Gasteiger partial charge in [0.1, 0.15) is 0 Å². The number of ether oxygens (including phenoxy) is 1. The van der Waals surface area contributed by atoms with Crippen LogP contribution in [-0.4, -0.2) is 42.9 Å². The molecular weight excluding hydrogens is 308 g/mol. The molecule has 0 aromatic heterocycles. The normalized spacial score (nSPS) is 14.6. The smallest absolute Gasteiger partial charge is 0.306 e. The summed E-state index contributed by atoms with van der Waals surface area (Å²) >= 11 is 0. The van der Waals surface area contributed by atoms with Crippen LogP contribution in [0.2, 0.25) is 0 Å². The third kappa shape index (κ3) is 5.37. The number of anilines is 1. The van der Waals surface area contributed by atoms with E-state index < -0.39 is 5.97 Å². The summed E-state index contributed by atoms with van der Waals surface area (Å²) in [4.78, 5) is 37.4. The summed E-state index contributed by atoms with van der Waals surface area (Å²) < 4.78 is 4.51. The molecule has 1 aliphatic rings. The Morgan fingerprint density at radius 2 is 1.79 bits per heavy atom. The number of amides is 2. The molecule has 0 radical (unpaired) electrons. The highest BCUT2D eigenvalue weighted by molar-refractivity contribution is 5.97. The number of hydrogen-bond acceptors (Lipinski definition) is 4. The monoisotopic (exact) mass is 332 g/mol. The van der Waals surface area contributed by atoms with E-state index >= 15 is 0 Å². The Morgan fingerprint density at radius 3 is 2.46 bits per heavy atom. The van der Waals surface area contributed by atoms with Gasteiger partial charge in [0.2, 0.25) is 5.91 Å². The van der Waals surface area contributed by atoms with Crippen LogP contribution in [0.15, 0.2) is 24.3 Å². The number of carbonyl (C=O) groups excluding carboxylic acids is 3. The van der Waals surface area contributed by atoms with Crippen LogP contribution in [0.3, 0.4) is 0 Å². The molecule has 2 rings (SSSR count). The Morgan fingerprint density at radius 1 is 1.08 bits per heavy atom. The van der Waals surface area contributed by atoms with Gasteiger partial charge in [0.15, 0.2) is 0 Å². The summed E-state index contributed by atoms with van der Waals surface area (Å²) in [5, 5.41) is 2.71. The van der Waals surface area contributed by atoms with Crippen molar-refractivity contribution in [2.75, 3.05) is 25.5 Å². The molecule has 0 aliphatic carbocycles. The summed E-state index contributed by atoms with van der Waals surface area (Å²) in [6, 6.07) is 6.93. The minimum atomic E-state index is -0.421. The Bertz CT molecular complexity index is 592. The number of esters is 1. The molecule has 2 amide bonds. The summed E-state index contributed by atoms with van der Waals surface area (Å²) in [5.74, 6) is -0.697. The molecule has 1 N–H and O–H groups in total. The van der Waals surface area contributed by atoms with Crippen molar-refractivity contribution in [3.05, 3.63) is 29.8 Å². The highest BCUT2D eigenvalue weighted by Gasteiger charge is 2.17. The lowest BCUT2D eigenvalue weighted by Gasteiger charge is -2.20. The Hall–Kier alpha value is -2.37. The fraction of sp³-hybridized carbons (Fsp3) is 0.500. The maximum atomic E-state index is 12.6. The number of hydrogen-bond donors (Lipinski definition) is 1. The van der Waals surface area contributed by atoms with Crippen molar-refractivity contribution >= 4 is 23.5 Å². The van der Waals surface area contributed by atoms with Gasteiger partial charge in [-0.25, -0.2) is 0 Å². The minimum Gasteiger partial charge on any atom is -0.469 e. The van der Waals surface area contributed by atoms with E-state index in [0.29, 0.717) is 11.3 Å². The zero-order chi connectivity index (χ0) is 17.4. The Kier molecular flexibility index (Phi) is 6.78. The zero-order valence-electron chi connectivity index (χ0n) is 14.0. The third-order valence-corrected chi connectivity index (χ3v) is 4.07. The van der Waals surface area contributed by atoms with Crippen molar-refractivity contribution in [2.24, 2.45) is 0 Å². The summed E-state index contributed by atoms with van der Waals surface area (Å²) in [6.45, 7) is 1.57. The molecular formula is C18H24N2O4. The van der Waals surface area contributed by atoms with Gasteiger partial charge in [-0.3, -0.25) is 14.4 Å². The predicted molar refractivity (Wildman–Crippen MR) is 90.7 cm³/mol. The molecule has 1 saturated heterocycles. The van der Waals surface area contributed by atoms with Crippen LogP contribution >= 0.6 is 0 Å². The number of methoxy groups -OCH3 is 1. The van der Waals surface area contributed by atoms with Gasteiger partial charge in [-0.1, -0.05) is 18.9 Å². The van der Waals surface area contributed by atoms with Crippen LogP contribution in [0, 0.1) is 0 Å². The van der Waals surface area contributed by atoms with Gasteiger partial charge >= 0.3 is 5.97 Å². The molecule has 1 fully saturated rings. The maximum Gasteiger partial charge on any atom is 0.306 e. The second-order valence-corrected chi connectivity index (χ2v) is 5.91. The minimum absolute atomic E-state index is 0.00237. The summed E-state index contributed by atoms with van der Waals surface area (Å²) in [5.41, 5.74) is 1.13. The van der Waals surface area contributed by atoms with E-state index in [2.05, 4.69) is 10.1 Å². The molecule has 1 aromatic rings. The molecule has 6 heteroatoms. The molecule has 1 heterocycles. The summed E-state index contributed by atoms with van der Waals surface area (Å²) in [7, 11) is 1.29. The first-order valence-electron chi connectivity index (χ1n) is 8.36. The quantitative estimate of drug-likeness (QED) is 0.841. The number of rotatable bonds is 5. The number of likely N-dealkylation sites (tertiary alicyclic amines) is 1. The molecule has 1 aliphatic heterocycles. The number of nitrogens with one attached hydrogen (secondary N) is 1. The van der Waals surface area contributed by atoms with Gasteiger partial charge < -0.3 is 15.0 Å². The van der Waals surface area contributed by atoms with Crippen molar-refractivity contribution in [3.8, 4) is 0 Å². The first-order valence-corrected chi connectivity index (χ1v) is 8.36. The Balaban J connectivity index is 1.96. The van der Waals surface area contributed by atoms with Crippen LogP contribution in [-0.2, 0) is 14.3 Å². The second kappa shape index (κ2) is 9.05. The second-order valence-electron chi connectivity index (χ2n) is 5.91. The van der Waals surface area contributed by atoms with E-state index in [4.69, 9.17) is 0 Å². The van der Waals surface area contributed by atoms with Crippen molar-refractivity contribution in [2.45, 2.75) is 38.5 Å². The van der Waals surface area contributed by atoms with Crippen LogP contribution in [0.1, 0.15) is 48.9 Å². The standard InChI is InChI=1S/C18H24N2O4/c1-24-17(22)10-9-16(21)19-15-8-6-7-14(13-15)18(23)20-11-4-2-3-5-12-20/h6-8,13H,2-5,9-12H2,1H3,(H,19,21). The van der Waals surface area contributed by atoms with Gasteiger partial charge in [-0.05, 0) is 31.0 Å². The highest BCUT2D eigenvalue weighted by atomic mass is 16.5. The molecule has 0 bridgehead atoms. The van der Waals surface area contributed by atoms with Gasteiger partial charge in [-0.15, -0.1) is 0 Å². The lowest BCUT2D eigenvalue weighted by atomic mass is 10.1. The molecule has 0 saturated carbocycles. The van der Waals surface area contributed by atoms with Crippen molar-refractivity contribution < 1.29 is 19.1 Å². The lowest BCUT2D eigenvalue weighted by Crippen LogP contribution is -2.31.